The molecule has 1 aromatic rings. The number of methoxy groups -OCH3 is 1. The van der Waals surface area contributed by atoms with Gasteiger partial charge in [0.25, 0.3) is 0 Å². The number of aromatic nitrogens is 2. The summed E-state index contributed by atoms with van der Waals surface area (Å²) >= 11 is 0. The minimum absolute atomic E-state index is 0.314. The van der Waals surface area contributed by atoms with Gasteiger partial charge in [-0.3, -0.25) is 0 Å². The molecule has 1 aromatic heterocycles. The highest BCUT2D eigenvalue weighted by Gasteiger charge is 2.29. The van der Waals surface area contributed by atoms with Gasteiger partial charge in [-0.25, -0.2) is 23.5 Å². The van der Waals surface area contributed by atoms with E-state index < -0.39 is 21.4 Å². The number of aryl methyl sites for hydroxylation is 1. The molecule has 0 saturated carbocycles. The van der Waals surface area contributed by atoms with Gasteiger partial charge in [0.2, 0.25) is 10.0 Å². The number of nitrogens with two attached hydrogens (primary N) is 1. The van der Waals surface area contributed by atoms with Gasteiger partial charge >= 0.3 is 0 Å². The van der Waals surface area contributed by atoms with Crippen LogP contribution >= 0.6 is 0 Å². The molecule has 2 N–H and O–H groups in total. The molecule has 0 saturated heterocycles. The van der Waals surface area contributed by atoms with Crippen molar-refractivity contribution < 1.29 is 13.2 Å². The molecule has 0 aromatic carbocycles. The molecule has 1 heterocycles. The third-order valence-corrected chi connectivity index (χ3v) is 3.54. The van der Waals surface area contributed by atoms with Crippen molar-refractivity contribution >= 4 is 10.0 Å². The molecule has 0 amide bonds. The van der Waals surface area contributed by atoms with Gasteiger partial charge in [-0.2, -0.15) is 0 Å². The Hall–Kier alpha value is -1.05. The molecule has 0 aliphatic carbocycles. The van der Waals surface area contributed by atoms with Crippen LogP contribution in [-0.4, -0.2) is 30.7 Å². The fraction of sp³-hybridized carbons (Fsp3) is 0.556. The highest BCUT2D eigenvalue weighted by molar-refractivity contribution is 7.89. The minimum Gasteiger partial charge on any atom is -0.372 e. The molecule has 0 aliphatic heterocycles. The SMILES string of the molecule is CO[C@@H](c1ncc(C)cn1)[C@H](C)S(N)(=O)=O. The summed E-state index contributed by atoms with van der Waals surface area (Å²) < 4.78 is 27.5. The first kappa shape index (κ1) is 13.0. The summed E-state index contributed by atoms with van der Waals surface area (Å²) in [7, 11) is -2.28. The molecule has 2 atom stereocenters. The third-order valence-electron chi connectivity index (χ3n) is 2.25. The highest BCUT2D eigenvalue weighted by Crippen LogP contribution is 2.20. The molecule has 90 valence electrons. The highest BCUT2D eigenvalue weighted by atomic mass is 32.2. The summed E-state index contributed by atoms with van der Waals surface area (Å²) in [5.41, 5.74) is 0.891. The quantitative estimate of drug-likeness (QED) is 0.814. The van der Waals surface area contributed by atoms with Gasteiger partial charge in [0.05, 0.1) is 0 Å². The van der Waals surface area contributed by atoms with E-state index in [1.54, 1.807) is 12.4 Å². The van der Waals surface area contributed by atoms with E-state index in [9.17, 15) is 8.42 Å². The van der Waals surface area contributed by atoms with Crippen LogP contribution in [0.3, 0.4) is 0 Å². The topological polar surface area (TPSA) is 95.2 Å². The maximum Gasteiger partial charge on any atom is 0.214 e. The van der Waals surface area contributed by atoms with Crippen LogP contribution in [0.5, 0.6) is 0 Å². The van der Waals surface area contributed by atoms with Crippen molar-refractivity contribution in [2.75, 3.05) is 7.11 Å². The fourth-order valence-corrected chi connectivity index (χ4v) is 1.81. The van der Waals surface area contributed by atoms with Gasteiger partial charge in [0.15, 0.2) is 5.82 Å². The van der Waals surface area contributed by atoms with E-state index in [2.05, 4.69) is 9.97 Å². The third kappa shape index (κ3) is 2.97. The van der Waals surface area contributed by atoms with Crippen molar-refractivity contribution in [2.45, 2.75) is 25.2 Å². The zero-order chi connectivity index (χ0) is 12.3. The molecular weight excluding hydrogens is 230 g/mol. The Balaban J connectivity index is 3.03. The lowest BCUT2D eigenvalue weighted by molar-refractivity contribution is 0.0948. The van der Waals surface area contributed by atoms with Gasteiger partial charge < -0.3 is 4.74 Å². The molecule has 0 aliphatic rings. The zero-order valence-electron chi connectivity index (χ0n) is 9.41. The Morgan fingerprint density at radius 1 is 1.38 bits per heavy atom. The number of rotatable bonds is 4. The zero-order valence-corrected chi connectivity index (χ0v) is 10.2. The number of nitrogens with zero attached hydrogens (tertiary/aromatic N) is 2. The Morgan fingerprint density at radius 3 is 2.25 bits per heavy atom. The predicted octanol–water partition coefficient (Wildman–Crippen LogP) is 0.150. The Kier molecular flexibility index (Phi) is 3.95. The lowest BCUT2D eigenvalue weighted by Crippen LogP contribution is -2.33. The molecule has 6 nitrogen and oxygen atoms in total. The molecule has 0 radical (unpaired) electrons. The van der Waals surface area contributed by atoms with Crippen LogP contribution in [0.1, 0.15) is 24.4 Å². The summed E-state index contributed by atoms with van der Waals surface area (Å²) in [6, 6.07) is 0. The largest absolute Gasteiger partial charge is 0.372 e. The van der Waals surface area contributed by atoms with Gasteiger partial charge in [0, 0.05) is 19.5 Å². The predicted molar refractivity (Wildman–Crippen MR) is 59.1 cm³/mol. The summed E-state index contributed by atoms with van der Waals surface area (Å²) in [5.74, 6) is 0.314. The first-order valence-corrected chi connectivity index (χ1v) is 6.30. The van der Waals surface area contributed by atoms with Crippen molar-refractivity contribution in [1.29, 1.82) is 0 Å². The lowest BCUT2D eigenvalue weighted by Gasteiger charge is -2.19. The van der Waals surface area contributed by atoms with Crippen molar-refractivity contribution in [1.82, 2.24) is 9.97 Å². The number of ether oxygens (including phenoxy) is 1. The Labute approximate surface area is 94.9 Å². The number of primary sulfonamides is 1. The molecule has 1 rings (SSSR count). The van der Waals surface area contributed by atoms with E-state index in [4.69, 9.17) is 9.88 Å². The van der Waals surface area contributed by atoms with Gasteiger partial charge in [-0.1, -0.05) is 0 Å². The normalized spacial score (nSPS) is 15.8. The van der Waals surface area contributed by atoms with Gasteiger partial charge in [-0.15, -0.1) is 0 Å². The average Bonchev–Trinajstić information content (AvgIpc) is 2.20. The summed E-state index contributed by atoms with van der Waals surface area (Å²) in [5, 5.41) is 4.17. The summed E-state index contributed by atoms with van der Waals surface area (Å²) in [6.45, 7) is 3.31. The van der Waals surface area contributed by atoms with Crippen LogP contribution in [0.15, 0.2) is 12.4 Å². The van der Waals surface area contributed by atoms with Crippen molar-refractivity contribution in [3.05, 3.63) is 23.8 Å². The van der Waals surface area contributed by atoms with Crippen molar-refractivity contribution in [3.8, 4) is 0 Å². The van der Waals surface area contributed by atoms with Crippen LogP contribution < -0.4 is 5.14 Å². The molecule has 7 heteroatoms. The van der Waals surface area contributed by atoms with Gasteiger partial charge in [0.1, 0.15) is 11.4 Å². The van der Waals surface area contributed by atoms with E-state index >= 15 is 0 Å². The molecule has 0 spiro atoms. The van der Waals surface area contributed by atoms with E-state index in [0.717, 1.165) is 5.56 Å². The minimum atomic E-state index is -3.68. The second-order valence-electron chi connectivity index (χ2n) is 3.57. The maximum atomic E-state index is 11.2. The van der Waals surface area contributed by atoms with E-state index in [1.807, 2.05) is 6.92 Å². The first-order chi connectivity index (χ1) is 7.36. The number of hydrogen-bond acceptors (Lipinski definition) is 5. The number of hydrogen-bond donors (Lipinski definition) is 1. The standard InChI is InChI=1S/C9H15N3O3S/c1-6-4-11-9(12-5-6)8(15-3)7(2)16(10,13)14/h4-5,7-8H,1-3H3,(H2,10,13,14)/t7-,8+/m0/s1. The van der Waals surface area contributed by atoms with Crippen LogP contribution in [-0.2, 0) is 14.8 Å². The molecular formula is C9H15N3O3S. The molecule has 0 fully saturated rings. The Morgan fingerprint density at radius 2 is 1.88 bits per heavy atom. The molecule has 16 heavy (non-hydrogen) atoms. The van der Waals surface area contributed by atoms with Gasteiger partial charge in [-0.05, 0) is 19.4 Å². The first-order valence-electron chi connectivity index (χ1n) is 4.69. The van der Waals surface area contributed by atoms with Crippen molar-refractivity contribution in [2.24, 2.45) is 5.14 Å². The number of sulfonamides is 1. The van der Waals surface area contributed by atoms with Crippen LogP contribution in [0, 0.1) is 6.92 Å². The van der Waals surface area contributed by atoms with Crippen molar-refractivity contribution in [3.63, 3.8) is 0 Å². The maximum absolute atomic E-state index is 11.2. The van der Waals surface area contributed by atoms with Crippen LogP contribution in [0.2, 0.25) is 0 Å². The molecule has 0 bridgehead atoms. The fourth-order valence-electron chi connectivity index (χ4n) is 1.23. The van der Waals surface area contributed by atoms with E-state index in [-0.39, 0.29) is 0 Å². The lowest BCUT2D eigenvalue weighted by atomic mass is 10.2. The second-order valence-corrected chi connectivity index (χ2v) is 5.49. The Bertz CT molecular complexity index is 444. The smallest absolute Gasteiger partial charge is 0.214 e. The average molecular weight is 245 g/mol. The van der Waals surface area contributed by atoms with Crippen LogP contribution in [0.4, 0.5) is 0 Å². The van der Waals surface area contributed by atoms with E-state index in [1.165, 1.54) is 14.0 Å². The summed E-state index contributed by atoms with van der Waals surface area (Å²) in [4.78, 5) is 8.06. The summed E-state index contributed by atoms with van der Waals surface area (Å²) in [6.07, 6.45) is 2.45. The van der Waals surface area contributed by atoms with E-state index in [0.29, 0.717) is 5.82 Å². The van der Waals surface area contributed by atoms with Crippen LogP contribution in [0.25, 0.3) is 0 Å². The molecule has 0 unspecified atom stereocenters. The second kappa shape index (κ2) is 4.86. The monoisotopic (exact) mass is 245 g/mol.